The third-order valence-corrected chi connectivity index (χ3v) is 2.54. The lowest BCUT2D eigenvalue weighted by atomic mass is 10.2. The van der Waals surface area contributed by atoms with E-state index in [1.165, 1.54) is 6.20 Å². The highest BCUT2D eigenvalue weighted by molar-refractivity contribution is 6.30. The number of carbonyl (C=O) groups excluding carboxylic acids is 1. The number of carbonyl (C=O) groups is 1. The molecule has 0 saturated carbocycles. The van der Waals surface area contributed by atoms with E-state index >= 15 is 0 Å². The summed E-state index contributed by atoms with van der Waals surface area (Å²) in [6, 6.07) is 7.39. The summed E-state index contributed by atoms with van der Waals surface area (Å²) in [7, 11) is 1.77. The second kappa shape index (κ2) is 5.01. The van der Waals surface area contributed by atoms with E-state index in [9.17, 15) is 4.79 Å². The molecule has 1 heterocycles. The zero-order valence-electron chi connectivity index (χ0n) is 9.35. The number of hydrogen-bond acceptors (Lipinski definition) is 2. The van der Waals surface area contributed by atoms with Gasteiger partial charge in [-0.1, -0.05) is 23.7 Å². The third-order valence-electron chi connectivity index (χ3n) is 2.31. The molecule has 2 aromatic rings. The summed E-state index contributed by atoms with van der Waals surface area (Å²) < 4.78 is 1.59. The van der Waals surface area contributed by atoms with Crippen LogP contribution in [-0.4, -0.2) is 15.7 Å². The molecule has 1 amide bonds. The molecule has 0 aliphatic carbocycles. The van der Waals surface area contributed by atoms with Crippen molar-refractivity contribution < 1.29 is 4.79 Å². The highest BCUT2D eigenvalue weighted by Gasteiger charge is 2.06. The predicted octanol–water partition coefficient (Wildman–Crippen LogP) is 2.00. The molecule has 0 saturated heterocycles. The molecule has 88 valence electrons. The summed E-state index contributed by atoms with van der Waals surface area (Å²) >= 11 is 5.85. The normalized spacial score (nSPS) is 10.2. The van der Waals surface area contributed by atoms with E-state index < -0.39 is 0 Å². The Balaban J connectivity index is 1.97. The largest absolute Gasteiger partial charge is 0.348 e. The lowest BCUT2D eigenvalue weighted by Crippen LogP contribution is -2.22. The molecule has 0 radical (unpaired) electrons. The Morgan fingerprint density at radius 2 is 2.35 bits per heavy atom. The van der Waals surface area contributed by atoms with Gasteiger partial charge < -0.3 is 5.32 Å². The van der Waals surface area contributed by atoms with Gasteiger partial charge in [0.05, 0.1) is 11.8 Å². The van der Waals surface area contributed by atoms with Crippen LogP contribution in [0.1, 0.15) is 15.9 Å². The van der Waals surface area contributed by atoms with Crippen LogP contribution in [0.3, 0.4) is 0 Å². The van der Waals surface area contributed by atoms with Gasteiger partial charge in [0, 0.05) is 24.8 Å². The quantitative estimate of drug-likeness (QED) is 0.905. The maximum atomic E-state index is 11.7. The summed E-state index contributed by atoms with van der Waals surface area (Å²) in [5.41, 5.74) is 1.52. The van der Waals surface area contributed by atoms with Gasteiger partial charge in [-0.3, -0.25) is 9.48 Å². The van der Waals surface area contributed by atoms with Gasteiger partial charge in [0.2, 0.25) is 0 Å². The molecule has 0 fully saturated rings. The number of benzene rings is 1. The standard InChI is InChI=1S/C12H12ClN3O/c1-16-8-10(7-15-16)12(17)14-6-9-3-2-4-11(13)5-9/h2-5,7-8H,6H2,1H3,(H,14,17). The fraction of sp³-hybridized carbons (Fsp3) is 0.167. The number of nitrogens with zero attached hydrogens (tertiary/aromatic N) is 2. The lowest BCUT2D eigenvalue weighted by molar-refractivity contribution is 0.0951. The van der Waals surface area contributed by atoms with Gasteiger partial charge in [-0.25, -0.2) is 0 Å². The van der Waals surface area contributed by atoms with Crippen LogP contribution in [0.25, 0.3) is 0 Å². The van der Waals surface area contributed by atoms with E-state index in [1.807, 2.05) is 18.2 Å². The average molecular weight is 250 g/mol. The molecule has 17 heavy (non-hydrogen) atoms. The molecule has 5 heteroatoms. The van der Waals surface area contributed by atoms with E-state index in [0.29, 0.717) is 17.1 Å². The van der Waals surface area contributed by atoms with Gasteiger partial charge in [0.1, 0.15) is 0 Å². The van der Waals surface area contributed by atoms with Gasteiger partial charge in [-0.15, -0.1) is 0 Å². The number of aromatic nitrogens is 2. The highest BCUT2D eigenvalue weighted by atomic mass is 35.5. The summed E-state index contributed by atoms with van der Waals surface area (Å²) in [6.45, 7) is 0.453. The van der Waals surface area contributed by atoms with Gasteiger partial charge in [0.15, 0.2) is 0 Å². The van der Waals surface area contributed by atoms with Crippen LogP contribution in [0.5, 0.6) is 0 Å². The molecule has 1 aromatic carbocycles. The third kappa shape index (κ3) is 3.07. The zero-order valence-corrected chi connectivity index (χ0v) is 10.1. The summed E-state index contributed by atoms with van der Waals surface area (Å²) in [5.74, 6) is -0.141. The van der Waals surface area contributed by atoms with Gasteiger partial charge in [0.25, 0.3) is 5.91 Å². The molecule has 2 rings (SSSR count). The molecule has 0 atom stereocenters. The van der Waals surface area contributed by atoms with Crippen LogP contribution in [0.15, 0.2) is 36.7 Å². The van der Waals surface area contributed by atoms with Crippen LogP contribution < -0.4 is 5.32 Å². The maximum Gasteiger partial charge on any atom is 0.254 e. The van der Waals surface area contributed by atoms with Gasteiger partial charge >= 0.3 is 0 Å². The number of amides is 1. The predicted molar refractivity (Wildman–Crippen MR) is 65.8 cm³/mol. The second-order valence-corrected chi connectivity index (χ2v) is 4.15. The van der Waals surface area contributed by atoms with Gasteiger partial charge in [-0.05, 0) is 17.7 Å². The van der Waals surface area contributed by atoms with Crippen molar-refractivity contribution in [2.45, 2.75) is 6.54 Å². The lowest BCUT2D eigenvalue weighted by Gasteiger charge is -2.03. The van der Waals surface area contributed by atoms with Crippen LogP contribution in [0.4, 0.5) is 0 Å². The monoisotopic (exact) mass is 249 g/mol. The highest BCUT2D eigenvalue weighted by Crippen LogP contribution is 2.10. The minimum atomic E-state index is -0.141. The molecule has 1 aromatic heterocycles. The van der Waals surface area contributed by atoms with Crippen molar-refractivity contribution in [3.63, 3.8) is 0 Å². The minimum absolute atomic E-state index is 0.141. The van der Waals surface area contributed by atoms with Crippen LogP contribution in [0.2, 0.25) is 5.02 Å². The zero-order chi connectivity index (χ0) is 12.3. The fourth-order valence-corrected chi connectivity index (χ4v) is 1.68. The topological polar surface area (TPSA) is 46.9 Å². The van der Waals surface area contributed by atoms with Crippen LogP contribution in [0, 0.1) is 0 Å². The molecule has 4 nitrogen and oxygen atoms in total. The molecule has 0 bridgehead atoms. The van der Waals surface area contributed by atoms with E-state index in [4.69, 9.17) is 11.6 Å². The fourth-order valence-electron chi connectivity index (χ4n) is 1.47. The summed E-state index contributed by atoms with van der Waals surface area (Å²) in [4.78, 5) is 11.7. The second-order valence-electron chi connectivity index (χ2n) is 3.72. The SMILES string of the molecule is Cn1cc(C(=O)NCc2cccc(Cl)c2)cn1. The van der Waals surface area contributed by atoms with Crippen molar-refractivity contribution >= 4 is 17.5 Å². The Hall–Kier alpha value is -1.81. The number of halogens is 1. The summed E-state index contributed by atoms with van der Waals surface area (Å²) in [5, 5.41) is 7.41. The summed E-state index contributed by atoms with van der Waals surface area (Å²) in [6.07, 6.45) is 3.21. The van der Waals surface area contributed by atoms with E-state index in [1.54, 1.807) is 24.0 Å². The Morgan fingerprint density at radius 1 is 1.53 bits per heavy atom. The van der Waals surface area contributed by atoms with Gasteiger partial charge in [-0.2, -0.15) is 5.10 Å². The van der Waals surface area contributed by atoms with Crippen molar-refractivity contribution in [3.8, 4) is 0 Å². The first-order valence-corrected chi connectivity index (χ1v) is 5.54. The van der Waals surface area contributed by atoms with Crippen molar-refractivity contribution in [3.05, 3.63) is 52.8 Å². The molecule has 0 aliphatic heterocycles. The van der Waals surface area contributed by atoms with Crippen molar-refractivity contribution in [2.24, 2.45) is 7.05 Å². The first-order valence-electron chi connectivity index (χ1n) is 5.16. The first-order chi connectivity index (χ1) is 8.15. The molecule has 1 N–H and O–H groups in total. The minimum Gasteiger partial charge on any atom is -0.348 e. The molecular formula is C12H12ClN3O. The van der Waals surface area contributed by atoms with E-state index in [-0.39, 0.29) is 5.91 Å². The van der Waals surface area contributed by atoms with E-state index in [0.717, 1.165) is 5.56 Å². The Kier molecular flexibility index (Phi) is 3.44. The van der Waals surface area contributed by atoms with Crippen LogP contribution in [-0.2, 0) is 13.6 Å². The molecule has 0 unspecified atom stereocenters. The van der Waals surface area contributed by atoms with E-state index in [2.05, 4.69) is 10.4 Å². The van der Waals surface area contributed by atoms with Crippen molar-refractivity contribution in [1.29, 1.82) is 0 Å². The molecule has 0 aliphatic rings. The molecule has 0 spiro atoms. The Morgan fingerprint density at radius 3 is 3.00 bits per heavy atom. The number of rotatable bonds is 3. The molecular weight excluding hydrogens is 238 g/mol. The van der Waals surface area contributed by atoms with Crippen LogP contribution >= 0.6 is 11.6 Å². The van der Waals surface area contributed by atoms with Crippen molar-refractivity contribution in [2.75, 3.05) is 0 Å². The van der Waals surface area contributed by atoms with Crippen molar-refractivity contribution in [1.82, 2.24) is 15.1 Å². The smallest absolute Gasteiger partial charge is 0.254 e. The Labute approximate surface area is 104 Å². The first kappa shape index (κ1) is 11.7. The Bertz CT molecular complexity index is 536. The average Bonchev–Trinajstić information content (AvgIpc) is 2.73. The number of aryl methyl sites for hydroxylation is 1. The maximum absolute atomic E-state index is 11.7. The number of hydrogen-bond donors (Lipinski definition) is 1. The number of nitrogens with one attached hydrogen (secondary N) is 1.